The summed E-state index contributed by atoms with van der Waals surface area (Å²) >= 11 is 0. The van der Waals surface area contributed by atoms with Crippen molar-refractivity contribution in [2.45, 2.75) is 0 Å². The van der Waals surface area contributed by atoms with Crippen LogP contribution in [0.4, 0.5) is 5.82 Å². The molecule has 0 aliphatic rings. The summed E-state index contributed by atoms with van der Waals surface area (Å²) in [6, 6.07) is 5.57. The Balaban J connectivity index is 2.48. The Morgan fingerprint density at radius 1 is 1.19 bits per heavy atom. The van der Waals surface area contributed by atoms with Gasteiger partial charge in [0.05, 0.1) is 26.2 Å². The molecule has 0 aliphatic carbocycles. The number of H-pyrrole nitrogens is 1. The van der Waals surface area contributed by atoms with Crippen LogP contribution >= 0.6 is 0 Å². The molecule has 0 saturated heterocycles. The number of hydrogen-bond acceptors (Lipinski definition) is 4. The van der Waals surface area contributed by atoms with Crippen molar-refractivity contribution in [3.05, 3.63) is 24.5 Å². The standard InChI is InChI=1S/C11H13N3O2/c1-15-8-4-3-7(5-9(8)16-2)10-11(12)14-6-13-10/h3-6H,12H2,1-2H3,(H,13,14). The average molecular weight is 219 g/mol. The van der Waals surface area contributed by atoms with E-state index in [9.17, 15) is 0 Å². The SMILES string of the molecule is COc1ccc(-c2[nH]cnc2N)cc1OC. The quantitative estimate of drug-likeness (QED) is 0.823. The number of imidazole rings is 1. The zero-order valence-electron chi connectivity index (χ0n) is 9.15. The van der Waals surface area contributed by atoms with Gasteiger partial charge in [-0.1, -0.05) is 0 Å². The number of benzene rings is 1. The van der Waals surface area contributed by atoms with E-state index in [1.807, 2.05) is 18.2 Å². The van der Waals surface area contributed by atoms with Crippen LogP contribution < -0.4 is 15.2 Å². The Hall–Kier alpha value is -2.17. The van der Waals surface area contributed by atoms with Crippen molar-refractivity contribution >= 4 is 5.82 Å². The molecular formula is C11H13N3O2. The predicted octanol–water partition coefficient (Wildman–Crippen LogP) is 1.68. The number of rotatable bonds is 3. The van der Waals surface area contributed by atoms with Crippen LogP contribution in [0.15, 0.2) is 24.5 Å². The Bertz CT molecular complexity index is 494. The van der Waals surface area contributed by atoms with E-state index in [0.29, 0.717) is 17.3 Å². The third-order valence-corrected chi connectivity index (χ3v) is 2.34. The highest BCUT2D eigenvalue weighted by Gasteiger charge is 2.09. The number of nitrogens with two attached hydrogens (primary N) is 1. The lowest BCUT2D eigenvalue weighted by molar-refractivity contribution is 0.355. The van der Waals surface area contributed by atoms with Crippen LogP contribution in [0.3, 0.4) is 0 Å². The molecule has 5 nitrogen and oxygen atoms in total. The number of nitrogen functional groups attached to an aromatic ring is 1. The zero-order valence-corrected chi connectivity index (χ0v) is 9.15. The largest absolute Gasteiger partial charge is 0.493 e. The van der Waals surface area contributed by atoms with Crippen LogP contribution in [0.1, 0.15) is 0 Å². The van der Waals surface area contributed by atoms with E-state index in [1.54, 1.807) is 20.5 Å². The highest BCUT2D eigenvalue weighted by Crippen LogP contribution is 2.32. The van der Waals surface area contributed by atoms with Gasteiger partial charge in [-0.05, 0) is 18.2 Å². The smallest absolute Gasteiger partial charge is 0.161 e. The Morgan fingerprint density at radius 3 is 2.50 bits per heavy atom. The van der Waals surface area contributed by atoms with Crippen LogP contribution in [0.25, 0.3) is 11.3 Å². The topological polar surface area (TPSA) is 73.2 Å². The van der Waals surface area contributed by atoms with E-state index >= 15 is 0 Å². The average Bonchev–Trinajstić information content (AvgIpc) is 2.74. The maximum Gasteiger partial charge on any atom is 0.161 e. The van der Waals surface area contributed by atoms with Crippen molar-refractivity contribution in [3.63, 3.8) is 0 Å². The minimum Gasteiger partial charge on any atom is -0.493 e. The van der Waals surface area contributed by atoms with Gasteiger partial charge in [0.2, 0.25) is 0 Å². The second-order valence-electron chi connectivity index (χ2n) is 3.23. The molecule has 1 heterocycles. The highest BCUT2D eigenvalue weighted by atomic mass is 16.5. The number of anilines is 1. The molecule has 16 heavy (non-hydrogen) atoms. The Kier molecular flexibility index (Phi) is 2.68. The van der Waals surface area contributed by atoms with E-state index in [4.69, 9.17) is 15.2 Å². The second kappa shape index (κ2) is 4.14. The Morgan fingerprint density at radius 2 is 1.94 bits per heavy atom. The molecule has 0 bridgehead atoms. The third kappa shape index (κ3) is 1.67. The van der Waals surface area contributed by atoms with Gasteiger partial charge in [0.1, 0.15) is 5.82 Å². The van der Waals surface area contributed by atoms with Crippen molar-refractivity contribution in [2.24, 2.45) is 0 Å². The first-order chi connectivity index (χ1) is 7.76. The fourth-order valence-corrected chi connectivity index (χ4v) is 1.53. The van der Waals surface area contributed by atoms with Gasteiger partial charge in [0, 0.05) is 5.56 Å². The van der Waals surface area contributed by atoms with Gasteiger partial charge in [0.15, 0.2) is 11.5 Å². The van der Waals surface area contributed by atoms with Gasteiger partial charge in [0.25, 0.3) is 0 Å². The zero-order chi connectivity index (χ0) is 11.5. The molecule has 3 N–H and O–H groups in total. The number of aromatic nitrogens is 2. The van der Waals surface area contributed by atoms with Gasteiger partial charge in [-0.3, -0.25) is 0 Å². The van der Waals surface area contributed by atoms with Crippen molar-refractivity contribution in [1.29, 1.82) is 0 Å². The minimum absolute atomic E-state index is 0.465. The van der Waals surface area contributed by atoms with Crippen molar-refractivity contribution < 1.29 is 9.47 Å². The number of hydrogen-bond donors (Lipinski definition) is 2. The molecular weight excluding hydrogens is 206 g/mol. The second-order valence-corrected chi connectivity index (χ2v) is 3.23. The van der Waals surface area contributed by atoms with Gasteiger partial charge in [-0.2, -0.15) is 0 Å². The molecule has 0 amide bonds. The fraction of sp³-hybridized carbons (Fsp3) is 0.182. The number of methoxy groups -OCH3 is 2. The number of nitrogens with one attached hydrogen (secondary N) is 1. The molecule has 2 aromatic rings. The summed E-state index contributed by atoms with van der Waals surface area (Å²) in [5, 5.41) is 0. The van der Waals surface area contributed by atoms with Gasteiger partial charge < -0.3 is 20.2 Å². The minimum atomic E-state index is 0.465. The summed E-state index contributed by atoms with van der Waals surface area (Å²) in [7, 11) is 3.19. The van der Waals surface area contributed by atoms with Crippen LogP contribution in [-0.4, -0.2) is 24.2 Å². The summed E-state index contributed by atoms with van der Waals surface area (Å²) in [5.74, 6) is 1.81. The lowest BCUT2D eigenvalue weighted by Gasteiger charge is -2.08. The first-order valence-electron chi connectivity index (χ1n) is 4.77. The lowest BCUT2D eigenvalue weighted by Crippen LogP contribution is -1.92. The molecule has 5 heteroatoms. The van der Waals surface area contributed by atoms with Crippen molar-refractivity contribution in [2.75, 3.05) is 20.0 Å². The molecule has 0 spiro atoms. The van der Waals surface area contributed by atoms with Gasteiger partial charge in [-0.15, -0.1) is 0 Å². The van der Waals surface area contributed by atoms with Crippen molar-refractivity contribution in [3.8, 4) is 22.8 Å². The molecule has 0 atom stereocenters. The molecule has 0 radical (unpaired) electrons. The molecule has 2 rings (SSSR count). The van der Waals surface area contributed by atoms with Crippen LogP contribution in [0.2, 0.25) is 0 Å². The van der Waals surface area contributed by atoms with Gasteiger partial charge in [-0.25, -0.2) is 4.98 Å². The summed E-state index contributed by atoms with van der Waals surface area (Å²) in [6.45, 7) is 0. The molecule has 1 aromatic carbocycles. The molecule has 0 fully saturated rings. The fourth-order valence-electron chi connectivity index (χ4n) is 1.53. The molecule has 1 aromatic heterocycles. The molecule has 0 saturated carbocycles. The number of nitrogens with zero attached hydrogens (tertiary/aromatic N) is 1. The summed E-state index contributed by atoms with van der Waals surface area (Å²) in [4.78, 5) is 6.92. The first-order valence-corrected chi connectivity index (χ1v) is 4.77. The lowest BCUT2D eigenvalue weighted by atomic mass is 10.1. The maximum absolute atomic E-state index is 5.72. The van der Waals surface area contributed by atoms with Crippen molar-refractivity contribution in [1.82, 2.24) is 9.97 Å². The monoisotopic (exact) mass is 219 g/mol. The van der Waals surface area contributed by atoms with E-state index in [-0.39, 0.29) is 0 Å². The summed E-state index contributed by atoms with van der Waals surface area (Å²) in [5.41, 5.74) is 7.41. The molecule has 0 unspecified atom stereocenters. The summed E-state index contributed by atoms with van der Waals surface area (Å²) in [6.07, 6.45) is 1.56. The predicted molar refractivity (Wildman–Crippen MR) is 61.5 cm³/mol. The number of aromatic amines is 1. The molecule has 84 valence electrons. The van der Waals surface area contributed by atoms with Crippen LogP contribution in [0, 0.1) is 0 Å². The normalized spacial score (nSPS) is 10.1. The first kappa shape index (κ1) is 10.4. The number of ether oxygens (including phenoxy) is 2. The van der Waals surface area contributed by atoms with E-state index in [2.05, 4.69) is 9.97 Å². The van der Waals surface area contributed by atoms with Crippen LogP contribution in [0.5, 0.6) is 11.5 Å². The Labute approximate surface area is 93.2 Å². The highest BCUT2D eigenvalue weighted by molar-refractivity contribution is 5.72. The third-order valence-electron chi connectivity index (χ3n) is 2.34. The van der Waals surface area contributed by atoms with E-state index in [0.717, 1.165) is 11.3 Å². The van der Waals surface area contributed by atoms with Crippen LogP contribution in [-0.2, 0) is 0 Å². The molecule has 0 aliphatic heterocycles. The van der Waals surface area contributed by atoms with E-state index in [1.165, 1.54) is 0 Å². The summed E-state index contributed by atoms with van der Waals surface area (Å²) < 4.78 is 10.4. The van der Waals surface area contributed by atoms with E-state index < -0.39 is 0 Å². The van der Waals surface area contributed by atoms with Gasteiger partial charge >= 0.3 is 0 Å². The maximum atomic E-state index is 5.72.